The third-order valence-corrected chi connectivity index (χ3v) is 3.00. The first-order chi connectivity index (χ1) is 7.90. The molecule has 0 amide bonds. The fourth-order valence-electron chi connectivity index (χ4n) is 2.15. The van der Waals surface area contributed by atoms with Gasteiger partial charge < -0.3 is 4.74 Å². The van der Waals surface area contributed by atoms with Crippen molar-refractivity contribution in [2.45, 2.75) is 39.2 Å². The predicted molar refractivity (Wildman–Crippen MR) is 63.3 cm³/mol. The lowest BCUT2D eigenvalue weighted by molar-refractivity contribution is -0.156. The molecule has 1 aromatic heterocycles. The summed E-state index contributed by atoms with van der Waals surface area (Å²) in [6.45, 7) is 7.72. The van der Waals surface area contributed by atoms with Crippen LogP contribution in [0.3, 0.4) is 0 Å². The van der Waals surface area contributed by atoms with Gasteiger partial charge in [-0.2, -0.15) is 0 Å². The predicted octanol–water partition coefficient (Wildman–Crippen LogP) is 2.17. The van der Waals surface area contributed by atoms with Crippen molar-refractivity contribution in [3.05, 3.63) is 24.3 Å². The largest absolute Gasteiger partial charge is 0.460 e. The van der Waals surface area contributed by atoms with Crippen molar-refractivity contribution in [1.29, 1.82) is 0 Å². The molecule has 0 bridgehead atoms. The maximum atomic E-state index is 11.9. The van der Waals surface area contributed by atoms with E-state index in [1.807, 2.05) is 26.8 Å². The lowest BCUT2D eigenvalue weighted by atomic mass is 10.2. The van der Waals surface area contributed by atoms with Crippen molar-refractivity contribution in [3.8, 4) is 0 Å². The van der Waals surface area contributed by atoms with Crippen LogP contribution < -0.4 is 0 Å². The van der Waals surface area contributed by atoms with Crippen molar-refractivity contribution < 1.29 is 9.53 Å². The van der Waals surface area contributed by atoms with Crippen molar-refractivity contribution in [2.75, 3.05) is 0 Å². The van der Waals surface area contributed by atoms with Gasteiger partial charge in [-0.3, -0.25) is 4.79 Å². The number of esters is 1. The van der Waals surface area contributed by atoms with E-state index in [0.29, 0.717) is 5.92 Å². The number of hydrogen-bond acceptors (Lipinski definition) is 4. The molecule has 4 heteroatoms. The first kappa shape index (κ1) is 12.0. The Morgan fingerprint density at radius 2 is 2.12 bits per heavy atom. The third-order valence-electron chi connectivity index (χ3n) is 3.00. The van der Waals surface area contributed by atoms with E-state index in [2.05, 4.69) is 16.9 Å². The van der Waals surface area contributed by atoms with Gasteiger partial charge in [-0.05, 0) is 32.8 Å². The Balaban J connectivity index is 2.04. The normalized spacial score (nSPS) is 27.6. The molecule has 1 heterocycles. The minimum atomic E-state index is -0.421. The zero-order chi connectivity index (χ0) is 12.6. The van der Waals surface area contributed by atoms with Crippen LogP contribution in [0, 0.1) is 11.8 Å². The number of nitrogens with zero attached hydrogens (tertiary/aromatic N) is 2. The van der Waals surface area contributed by atoms with Gasteiger partial charge in [0.25, 0.3) is 0 Å². The van der Waals surface area contributed by atoms with Crippen LogP contribution in [0.15, 0.2) is 18.6 Å². The molecule has 4 nitrogen and oxygen atoms in total. The van der Waals surface area contributed by atoms with Crippen molar-refractivity contribution in [3.63, 3.8) is 0 Å². The van der Waals surface area contributed by atoms with Crippen molar-refractivity contribution in [2.24, 2.45) is 11.8 Å². The lowest BCUT2D eigenvalue weighted by Crippen LogP contribution is -2.25. The van der Waals surface area contributed by atoms with Crippen molar-refractivity contribution in [1.82, 2.24) is 9.97 Å². The third kappa shape index (κ3) is 2.62. The SMILES string of the molecule is C[C@H]1[C@H](C(=O)OC(C)(C)C)[C@H]1c1ccncn1. The number of ether oxygens (including phenoxy) is 1. The summed E-state index contributed by atoms with van der Waals surface area (Å²) in [6.07, 6.45) is 3.23. The van der Waals surface area contributed by atoms with Gasteiger partial charge in [0.2, 0.25) is 0 Å². The Bertz CT molecular complexity index is 411. The molecule has 3 atom stereocenters. The summed E-state index contributed by atoms with van der Waals surface area (Å²) < 4.78 is 5.40. The average molecular weight is 234 g/mol. The molecule has 2 rings (SSSR count). The molecule has 1 aliphatic rings. The number of hydrogen-bond donors (Lipinski definition) is 0. The topological polar surface area (TPSA) is 52.1 Å². The van der Waals surface area contributed by atoms with Gasteiger partial charge >= 0.3 is 5.97 Å². The standard InChI is InChI=1S/C13H18N2O2/c1-8-10(9-5-6-14-7-15-9)11(8)12(16)17-13(2,3)4/h5-8,10-11H,1-4H3/t8-,10-,11+/m1/s1. The second-order valence-electron chi connectivity index (χ2n) is 5.58. The zero-order valence-electron chi connectivity index (χ0n) is 10.7. The highest BCUT2D eigenvalue weighted by atomic mass is 16.6. The van der Waals surface area contributed by atoms with Crippen LogP contribution in [0.2, 0.25) is 0 Å². The van der Waals surface area contributed by atoms with E-state index < -0.39 is 5.60 Å². The first-order valence-electron chi connectivity index (χ1n) is 5.89. The fraction of sp³-hybridized carbons (Fsp3) is 0.615. The molecule has 92 valence electrons. The summed E-state index contributed by atoms with van der Waals surface area (Å²) in [5, 5.41) is 0. The number of rotatable bonds is 2. The summed E-state index contributed by atoms with van der Waals surface area (Å²) in [5.41, 5.74) is 0.513. The van der Waals surface area contributed by atoms with E-state index in [1.54, 1.807) is 6.20 Å². The summed E-state index contributed by atoms with van der Waals surface area (Å²) in [4.78, 5) is 20.0. The lowest BCUT2D eigenvalue weighted by Gasteiger charge is -2.19. The minimum Gasteiger partial charge on any atom is -0.460 e. The molecule has 0 N–H and O–H groups in total. The van der Waals surface area contributed by atoms with Crippen LogP contribution in [0.25, 0.3) is 0 Å². The zero-order valence-corrected chi connectivity index (χ0v) is 10.7. The summed E-state index contributed by atoms with van der Waals surface area (Å²) in [6, 6.07) is 1.87. The summed E-state index contributed by atoms with van der Waals surface area (Å²) in [5.74, 6) is 0.324. The van der Waals surface area contributed by atoms with Gasteiger partial charge in [0, 0.05) is 17.8 Å². The Labute approximate surface area is 101 Å². The molecule has 0 unspecified atom stereocenters. The molecule has 1 fully saturated rings. The van der Waals surface area contributed by atoms with Crippen LogP contribution in [-0.2, 0) is 9.53 Å². The van der Waals surface area contributed by atoms with Gasteiger partial charge in [0.1, 0.15) is 11.9 Å². The molecular weight excluding hydrogens is 216 g/mol. The van der Waals surface area contributed by atoms with E-state index in [4.69, 9.17) is 4.74 Å². The Hall–Kier alpha value is -1.45. The van der Waals surface area contributed by atoms with Gasteiger partial charge in [-0.25, -0.2) is 9.97 Å². The Kier molecular flexibility index (Phi) is 2.89. The van der Waals surface area contributed by atoms with E-state index in [-0.39, 0.29) is 17.8 Å². The molecule has 17 heavy (non-hydrogen) atoms. The van der Waals surface area contributed by atoms with E-state index in [1.165, 1.54) is 6.33 Å². The summed E-state index contributed by atoms with van der Waals surface area (Å²) in [7, 11) is 0. The van der Waals surface area contributed by atoms with Crippen LogP contribution in [0.4, 0.5) is 0 Å². The highest BCUT2D eigenvalue weighted by molar-refractivity contribution is 5.78. The average Bonchev–Trinajstić information content (AvgIpc) is 2.89. The number of carbonyl (C=O) groups is 1. The van der Waals surface area contributed by atoms with E-state index >= 15 is 0 Å². The number of carbonyl (C=O) groups excluding carboxylic acids is 1. The van der Waals surface area contributed by atoms with Crippen LogP contribution in [0.5, 0.6) is 0 Å². The molecule has 0 aliphatic heterocycles. The van der Waals surface area contributed by atoms with E-state index in [0.717, 1.165) is 5.69 Å². The maximum absolute atomic E-state index is 11.9. The molecule has 1 saturated carbocycles. The van der Waals surface area contributed by atoms with Crippen molar-refractivity contribution >= 4 is 5.97 Å². The van der Waals surface area contributed by atoms with Crippen LogP contribution in [0.1, 0.15) is 39.3 Å². The Morgan fingerprint density at radius 1 is 1.41 bits per heavy atom. The summed E-state index contributed by atoms with van der Waals surface area (Å²) >= 11 is 0. The van der Waals surface area contributed by atoms with Crippen LogP contribution >= 0.6 is 0 Å². The fourth-order valence-corrected chi connectivity index (χ4v) is 2.15. The molecule has 1 aliphatic carbocycles. The molecular formula is C13H18N2O2. The molecule has 0 aromatic carbocycles. The van der Waals surface area contributed by atoms with Gasteiger partial charge in [-0.15, -0.1) is 0 Å². The maximum Gasteiger partial charge on any atom is 0.310 e. The highest BCUT2D eigenvalue weighted by Crippen LogP contribution is 2.53. The molecule has 1 aromatic rings. The highest BCUT2D eigenvalue weighted by Gasteiger charge is 2.54. The smallest absolute Gasteiger partial charge is 0.310 e. The monoisotopic (exact) mass is 234 g/mol. The number of aromatic nitrogens is 2. The molecule has 0 spiro atoms. The quantitative estimate of drug-likeness (QED) is 0.736. The van der Waals surface area contributed by atoms with E-state index in [9.17, 15) is 4.79 Å². The minimum absolute atomic E-state index is 0.0517. The molecule has 0 saturated heterocycles. The second kappa shape index (κ2) is 4.09. The van der Waals surface area contributed by atoms with Gasteiger partial charge in [0.15, 0.2) is 0 Å². The van der Waals surface area contributed by atoms with Gasteiger partial charge in [0.05, 0.1) is 5.92 Å². The second-order valence-corrected chi connectivity index (χ2v) is 5.58. The van der Waals surface area contributed by atoms with Crippen LogP contribution in [-0.4, -0.2) is 21.5 Å². The van der Waals surface area contributed by atoms with Gasteiger partial charge in [-0.1, -0.05) is 6.92 Å². The molecule has 0 radical (unpaired) electrons. The first-order valence-corrected chi connectivity index (χ1v) is 5.89. The Morgan fingerprint density at radius 3 is 2.65 bits per heavy atom.